The van der Waals surface area contributed by atoms with Crippen molar-refractivity contribution in [3.05, 3.63) is 23.9 Å². The van der Waals surface area contributed by atoms with Crippen molar-refractivity contribution >= 4 is 5.82 Å². The number of hydrogen-bond donors (Lipinski definition) is 1. The molecule has 2 N–H and O–H groups in total. The first kappa shape index (κ1) is 7.55. The van der Waals surface area contributed by atoms with Crippen LogP contribution in [0.1, 0.15) is 5.56 Å². The van der Waals surface area contributed by atoms with E-state index in [-0.39, 0.29) is 0 Å². The fourth-order valence-electron chi connectivity index (χ4n) is 1.64. The van der Waals surface area contributed by atoms with Crippen molar-refractivity contribution in [2.24, 2.45) is 5.73 Å². The van der Waals surface area contributed by atoms with Gasteiger partial charge >= 0.3 is 0 Å². The van der Waals surface area contributed by atoms with Gasteiger partial charge in [-0.2, -0.15) is 0 Å². The SMILES string of the molecule is NCCN1CCc2cccnc21. The smallest absolute Gasteiger partial charge is 0.131 e. The number of hydrogen-bond acceptors (Lipinski definition) is 3. The summed E-state index contributed by atoms with van der Waals surface area (Å²) in [6, 6.07) is 4.13. The van der Waals surface area contributed by atoms with E-state index in [1.807, 2.05) is 12.3 Å². The van der Waals surface area contributed by atoms with Gasteiger partial charge in [-0.15, -0.1) is 0 Å². The summed E-state index contributed by atoms with van der Waals surface area (Å²) in [6.07, 6.45) is 2.96. The largest absolute Gasteiger partial charge is 0.355 e. The minimum atomic E-state index is 0.704. The highest BCUT2D eigenvalue weighted by atomic mass is 15.2. The molecule has 1 aromatic heterocycles. The zero-order chi connectivity index (χ0) is 8.39. The second-order valence-electron chi connectivity index (χ2n) is 3.01. The van der Waals surface area contributed by atoms with E-state index >= 15 is 0 Å². The fraction of sp³-hybridized carbons (Fsp3) is 0.444. The fourth-order valence-corrected chi connectivity index (χ4v) is 1.64. The molecule has 0 spiro atoms. The van der Waals surface area contributed by atoms with Crippen LogP contribution >= 0.6 is 0 Å². The van der Waals surface area contributed by atoms with E-state index < -0.39 is 0 Å². The van der Waals surface area contributed by atoms with Crippen LogP contribution in [0, 0.1) is 0 Å². The summed E-state index contributed by atoms with van der Waals surface area (Å²) >= 11 is 0. The third-order valence-corrected chi connectivity index (χ3v) is 2.22. The third-order valence-electron chi connectivity index (χ3n) is 2.22. The lowest BCUT2D eigenvalue weighted by Gasteiger charge is -2.16. The summed E-state index contributed by atoms with van der Waals surface area (Å²) in [6.45, 7) is 2.70. The summed E-state index contributed by atoms with van der Waals surface area (Å²) in [5, 5.41) is 0. The normalized spacial score (nSPS) is 14.9. The van der Waals surface area contributed by atoms with Crippen LogP contribution in [-0.2, 0) is 6.42 Å². The van der Waals surface area contributed by atoms with Gasteiger partial charge in [0.2, 0.25) is 0 Å². The predicted octanol–water partition coefficient (Wildman–Crippen LogP) is 0.403. The average Bonchev–Trinajstić information content (AvgIpc) is 2.50. The molecule has 2 heterocycles. The molecule has 0 fully saturated rings. The summed E-state index contributed by atoms with van der Waals surface area (Å²) in [5.74, 6) is 1.13. The summed E-state index contributed by atoms with van der Waals surface area (Å²) < 4.78 is 0. The molecule has 2 rings (SSSR count). The lowest BCUT2D eigenvalue weighted by Crippen LogP contribution is -2.27. The molecule has 12 heavy (non-hydrogen) atoms. The van der Waals surface area contributed by atoms with E-state index in [1.165, 1.54) is 5.56 Å². The maximum atomic E-state index is 5.50. The van der Waals surface area contributed by atoms with Gasteiger partial charge in [0.05, 0.1) is 0 Å². The number of fused-ring (bicyclic) bond motifs is 1. The zero-order valence-electron chi connectivity index (χ0n) is 7.03. The van der Waals surface area contributed by atoms with Gasteiger partial charge in [-0.25, -0.2) is 4.98 Å². The van der Waals surface area contributed by atoms with Crippen LogP contribution in [0.4, 0.5) is 5.82 Å². The molecule has 1 aliphatic rings. The Hall–Kier alpha value is -1.09. The van der Waals surface area contributed by atoms with Gasteiger partial charge in [-0.05, 0) is 18.1 Å². The quantitative estimate of drug-likeness (QED) is 0.686. The molecule has 1 aliphatic heterocycles. The summed E-state index contributed by atoms with van der Waals surface area (Å²) in [4.78, 5) is 6.58. The Morgan fingerprint density at radius 3 is 3.33 bits per heavy atom. The molecule has 0 unspecified atom stereocenters. The van der Waals surface area contributed by atoms with Crippen molar-refractivity contribution < 1.29 is 0 Å². The molecule has 3 heteroatoms. The highest BCUT2D eigenvalue weighted by molar-refractivity contribution is 5.51. The van der Waals surface area contributed by atoms with Crippen molar-refractivity contribution in [1.29, 1.82) is 0 Å². The van der Waals surface area contributed by atoms with E-state index in [1.54, 1.807) is 0 Å². The molecular formula is C9H13N3. The van der Waals surface area contributed by atoms with Crippen LogP contribution in [0.25, 0.3) is 0 Å². The lowest BCUT2D eigenvalue weighted by molar-refractivity contribution is 0.812. The second kappa shape index (κ2) is 3.11. The van der Waals surface area contributed by atoms with Crippen molar-refractivity contribution in [1.82, 2.24) is 4.98 Å². The Labute approximate surface area is 72.2 Å². The Morgan fingerprint density at radius 2 is 2.50 bits per heavy atom. The molecule has 0 aliphatic carbocycles. The number of pyridine rings is 1. The maximum absolute atomic E-state index is 5.50. The van der Waals surface area contributed by atoms with E-state index in [4.69, 9.17) is 5.73 Å². The summed E-state index contributed by atoms with van der Waals surface area (Å²) in [5.41, 5.74) is 6.85. The van der Waals surface area contributed by atoms with Crippen molar-refractivity contribution in [3.63, 3.8) is 0 Å². The number of rotatable bonds is 2. The molecule has 0 radical (unpaired) electrons. The topological polar surface area (TPSA) is 42.1 Å². The van der Waals surface area contributed by atoms with Crippen molar-refractivity contribution in [3.8, 4) is 0 Å². The Morgan fingerprint density at radius 1 is 1.58 bits per heavy atom. The molecule has 0 aromatic carbocycles. The van der Waals surface area contributed by atoms with Crippen LogP contribution in [0.3, 0.4) is 0 Å². The number of nitrogens with zero attached hydrogens (tertiary/aromatic N) is 2. The van der Waals surface area contributed by atoms with E-state index in [0.29, 0.717) is 6.54 Å². The van der Waals surface area contributed by atoms with E-state index in [9.17, 15) is 0 Å². The lowest BCUT2D eigenvalue weighted by atomic mass is 10.2. The van der Waals surface area contributed by atoms with Gasteiger partial charge in [0, 0.05) is 25.8 Å². The minimum Gasteiger partial charge on any atom is -0.355 e. The minimum absolute atomic E-state index is 0.704. The zero-order valence-corrected chi connectivity index (χ0v) is 7.03. The van der Waals surface area contributed by atoms with Crippen LogP contribution < -0.4 is 10.6 Å². The Kier molecular flexibility index (Phi) is 1.96. The average molecular weight is 163 g/mol. The maximum Gasteiger partial charge on any atom is 0.131 e. The monoisotopic (exact) mass is 163 g/mol. The van der Waals surface area contributed by atoms with Gasteiger partial charge in [0.1, 0.15) is 5.82 Å². The van der Waals surface area contributed by atoms with E-state index in [0.717, 1.165) is 25.3 Å². The highest BCUT2D eigenvalue weighted by Crippen LogP contribution is 2.23. The molecule has 0 saturated carbocycles. The Balaban J connectivity index is 2.24. The highest BCUT2D eigenvalue weighted by Gasteiger charge is 2.18. The molecular weight excluding hydrogens is 150 g/mol. The van der Waals surface area contributed by atoms with E-state index in [2.05, 4.69) is 16.0 Å². The van der Waals surface area contributed by atoms with Crippen LogP contribution in [-0.4, -0.2) is 24.6 Å². The summed E-state index contributed by atoms with van der Waals surface area (Å²) in [7, 11) is 0. The van der Waals surface area contributed by atoms with Crippen molar-refractivity contribution in [2.75, 3.05) is 24.5 Å². The molecule has 1 aromatic rings. The molecule has 0 atom stereocenters. The third kappa shape index (κ3) is 1.16. The molecule has 0 amide bonds. The number of nitrogens with two attached hydrogens (primary N) is 1. The first-order valence-electron chi connectivity index (χ1n) is 4.31. The van der Waals surface area contributed by atoms with Gasteiger partial charge in [-0.1, -0.05) is 6.07 Å². The van der Waals surface area contributed by atoms with Crippen LogP contribution in [0.2, 0.25) is 0 Å². The standard InChI is InChI=1S/C9H13N3/c10-4-7-12-6-3-8-2-1-5-11-9(8)12/h1-2,5H,3-4,6-7,10H2. The van der Waals surface area contributed by atoms with Crippen LogP contribution in [0.5, 0.6) is 0 Å². The Bertz CT molecular complexity index is 270. The molecule has 64 valence electrons. The van der Waals surface area contributed by atoms with Crippen molar-refractivity contribution in [2.45, 2.75) is 6.42 Å². The number of anilines is 1. The van der Waals surface area contributed by atoms with Gasteiger partial charge in [0.25, 0.3) is 0 Å². The molecule has 3 nitrogen and oxygen atoms in total. The van der Waals surface area contributed by atoms with Gasteiger partial charge in [0.15, 0.2) is 0 Å². The van der Waals surface area contributed by atoms with Crippen LogP contribution in [0.15, 0.2) is 18.3 Å². The molecule has 0 saturated heterocycles. The molecule has 0 bridgehead atoms. The number of aromatic nitrogens is 1. The second-order valence-corrected chi connectivity index (χ2v) is 3.01. The first-order valence-corrected chi connectivity index (χ1v) is 4.31. The van der Waals surface area contributed by atoms with Gasteiger partial charge in [-0.3, -0.25) is 0 Å². The predicted molar refractivity (Wildman–Crippen MR) is 49.2 cm³/mol. The van der Waals surface area contributed by atoms with Gasteiger partial charge < -0.3 is 10.6 Å². The first-order chi connectivity index (χ1) is 5.92.